The molecule has 4 nitrogen and oxygen atoms in total. The minimum absolute atomic E-state index is 0.207. The molecule has 1 N–H and O–H groups in total. The van der Waals surface area contributed by atoms with Crippen LogP contribution in [0.4, 0.5) is 0 Å². The molecule has 0 heterocycles. The maximum atomic E-state index is 10.8. The van der Waals surface area contributed by atoms with Gasteiger partial charge in [0.2, 0.25) is 0 Å². The zero-order valence-electron chi connectivity index (χ0n) is 11.7. The molecule has 5 heteroatoms. The second-order valence-corrected chi connectivity index (χ2v) is 4.92. The number of carboxylic acid groups (broad SMARTS) is 1. The van der Waals surface area contributed by atoms with E-state index < -0.39 is 11.5 Å². The van der Waals surface area contributed by atoms with Crippen LogP contribution in [0, 0.1) is 6.92 Å². The summed E-state index contributed by atoms with van der Waals surface area (Å²) in [6.45, 7) is 1.94. The van der Waals surface area contributed by atoms with E-state index in [0.717, 1.165) is 5.56 Å². The smallest absolute Gasteiger partial charge is 0.335 e. The lowest BCUT2D eigenvalue weighted by Crippen LogP contribution is -1.98. The molecule has 0 aliphatic heterocycles. The SMILES string of the molecule is COC(Cl)c1ccc(C)cc1Oc1ccc(C(=O)O)cc1. The molecule has 0 fully saturated rings. The van der Waals surface area contributed by atoms with E-state index in [-0.39, 0.29) is 5.56 Å². The van der Waals surface area contributed by atoms with Gasteiger partial charge in [-0.15, -0.1) is 0 Å². The summed E-state index contributed by atoms with van der Waals surface area (Å²) in [5, 5.41) is 8.88. The lowest BCUT2D eigenvalue weighted by atomic mass is 10.1. The number of methoxy groups -OCH3 is 1. The molecule has 0 spiro atoms. The summed E-state index contributed by atoms with van der Waals surface area (Å²) in [5.41, 5.74) is 1.33. The first-order valence-corrected chi connectivity index (χ1v) is 6.73. The van der Waals surface area contributed by atoms with Gasteiger partial charge in [0, 0.05) is 12.7 Å². The van der Waals surface area contributed by atoms with Crippen LogP contribution in [-0.2, 0) is 4.74 Å². The first kappa shape index (κ1) is 15.4. The zero-order valence-corrected chi connectivity index (χ0v) is 12.4. The number of ether oxygens (including phenoxy) is 2. The molecule has 1 unspecified atom stereocenters. The molecule has 2 rings (SSSR count). The summed E-state index contributed by atoms with van der Waals surface area (Å²) in [4.78, 5) is 10.8. The van der Waals surface area contributed by atoms with E-state index in [0.29, 0.717) is 17.1 Å². The highest BCUT2D eigenvalue weighted by Gasteiger charge is 2.14. The van der Waals surface area contributed by atoms with E-state index in [4.69, 9.17) is 26.2 Å². The molecular weight excluding hydrogens is 292 g/mol. The lowest BCUT2D eigenvalue weighted by molar-refractivity contribution is 0.0697. The standard InChI is InChI=1S/C16H15ClO4/c1-10-3-8-13(15(17)20-2)14(9-10)21-12-6-4-11(5-7-12)16(18)19/h3-9,15H,1-2H3,(H,18,19). The molecule has 0 saturated heterocycles. The summed E-state index contributed by atoms with van der Waals surface area (Å²) >= 11 is 6.10. The first-order valence-electron chi connectivity index (χ1n) is 6.30. The Balaban J connectivity index is 2.29. The molecule has 0 radical (unpaired) electrons. The molecule has 0 aromatic heterocycles. The summed E-state index contributed by atoms with van der Waals surface area (Å²) in [6, 6.07) is 11.8. The number of aryl methyl sites for hydroxylation is 1. The second-order valence-electron chi connectivity index (χ2n) is 4.52. The van der Waals surface area contributed by atoms with E-state index in [1.165, 1.54) is 19.2 Å². The summed E-state index contributed by atoms with van der Waals surface area (Å²) < 4.78 is 10.9. The molecule has 0 aliphatic rings. The number of benzene rings is 2. The molecule has 0 bridgehead atoms. The molecule has 21 heavy (non-hydrogen) atoms. The van der Waals surface area contributed by atoms with Crippen molar-refractivity contribution in [2.75, 3.05) is 7.11 Å². The molecule has 1 atom stereocenters. The van der Waals surface area contributed by atoms with Crippen LogP contribution in [0.25, 0.3) is 0 Å². The van der Waals surface area contributed by atoms with Gasteiger partial charge in [-0.3, -0.25) is 0 Å². The summed E-state index contributed by atoms with van der Waals surface area (Å²) in [5.74, 6) is 0.143. The molecule has 2 aromatic rings. The number of rotatable bonds is 5. The minimum atomic E-state index is -0.974. The van der Waals surface area contributed by atoms with Crippen molar-refractivity contribution in [3.63, 3.8) is 0 Å². The van der Waals surface area contributed by atoms with E-state index in [1.54, 1.807) is 12.1 Å². The predicted octanol–water partition coefficient (Wildman–Crippen LogP) is 4.37. The molecule has 0 amide bonds. The van der Waals surface area contributed by atoms with Crippen LogP contribution < -0.4 is 4.74 Å². The van der Waals surface area contributed by atoms with E-state index in [9.17, 15) is 4.79 Å². The molecule has 2 aromatic carbocycles. The fourth-order valence-electron chi connectivity index (χ4n) is 1.84. The number of hydrogen-bond donors (Lipinski definition) is 1. The van der Waals surface area contributed by atoms with Gasteiger partial charge >= 0.3 is 5.97 Å². The van der Waals surface area contributed by atoms with E-state index >= 15 is 0 Å². The Morgan fingerprint density at radius 1 is 1.19 bits per heavy atom. The maximum Gasteiger partial charge on any atom is 0.335 e. The van der Waals surface area contributed by atoms with Gasteiger partial charge in [-0.2, -0.15) is 0 Å². The van der Waals surface area contributed by atoms with Gasteiger partial charge in [-0.1, -0.05) is 23.7 Å². The Hall–Kier alpha value is -2.04. The maximum absolute atomic E-state index is 10.8. The van der Waals surface area contributed by atoms with Crippen molar-refractivity contribution in [1.29, 1.82) is 0 Å². The van der Waals surface area contributed by atoms with Crippen molar-refractivity contribution in [1.82, 2.24) is 0 Å². The van der Waals surface area contributed by atoms with Gasteiger partial charge in [0.25, 0.3) is 0 Å². The topological polar surface area (TPSA) is 55.8 Å². The number of aromatic carboxylic acids is 1. The summed E-state index contributed by atoms with van der Waals surface area (Å²) in [6.07, 6.45) is 0. The average Bonchev–Trinajstić information content (AvgIpc) is 2.47. The minimum Gasteiger partial charge on any atom is -0.478 e. The third-order valence-corrected chi connectivity index (χ3v) is 3.36. The quantitative estimate of drug-likeness (QED) is 0.833. The molecular formula is C16H15ClO4. The third-order valence-electron chi connectivity index (χ3n) is 2.95. The van der Waals surface area contributed by atoms with Gasteiger partial charge in [0.1, 0.15) is 11.5 Å². The fraction of sp³-hybridized carbons (Fsp3) is 0.188. The zero-order chi connectivity index (χ0) is 15.4. The Morgan fingerprint density at radius 3 is 2.43 bits per heavy atom. The molecule has 0 saturated carbocycles. The van der Waals surface area contributed by atoms with Gasteiger partial charge in [0.15, 0.2) is 5.56 Å². The average molecular weight is 307 g/mol. The largest absolute Gasteiger partial charge is 0.478 e. The number of hydrogen-bond acceptors (Lipinski definition) is 3. The predicted molar refractivity (Wildman–Crippen MR) is 80.3 cm³/mol. The van der Waals surface area contributed by atoms with Crippen molar-refractivity contribution >= 4 is 17.6 Å². The third kappa shape index (κ3) is 3.74. The van der Waals surface area contributed by atoms with Gasteiger partial charge in [-0.05, 0) is 42.8 Å². The van der Waals surface area contributed by atoms with Crippen LogP contribution >= 0.6 is 11.6 Å². The number of alkyl halides is 1. The van der Waals surface area contributed by atoms with Crippen molar-refractivity contribution in [3.05, 3.63) is 59.2 Å². The number of carbonyl (C=O) groups is 1. The summed E-state index contributed by atoms with van der Waals surface area (Å²) in [7, 11) is 1.52. The van der Waals surface area contributed by atoms with Gasteiger partial charge < -0.3 is 14.6 Å². The second kappa shape index (κ2) is 6.61. The van der Waals surface area contributed by atoms with E-state index in [2.05, 4.69) is 0 Å². The van der Waals surface area contributed by atoms with Crippen molar-refractivity contribution < 1.29 is 19.4 Å². The van der Waals surface area contributed by atoms with Crippen LogP contribution in [0.15, 0.2) is 42.5 Å². The highest BCUT2D eigenvalue weighted by molar-refractivity contribution is 6.20. The number of halogens is 1. The normalized spacial score (nSPS) is 12.0. The van der Waals surface area contributed by atoms with Crippen molar-refractivity contribution in [3.8, 4) is 11.5 Å². The van der Waals surface area contributed by atoms with Crippen molar-refractivity contribution in [2.45, 2.75) is 12.5 Å². The Morgan fingerprint density at radius 2 is 1.86 bits per heavy atom. The Labute approximate surface area is 127 Å². The van der Waals surface area contributed by atoms with Crippen LogP contribution in [0.5, 0.6) is 11.5 Å². The Bertz CT molecular complexity index is 637. The monoisotopic (exact) mass is 306 g/mol. The van der Waals surface area contributed by atoms with Crippen LogP contribution in [0.1, 0.15) is 27.0 Å². The fourth-order valence-corrected chi connectivity index (χ4v) is 2.02. The van der Waals surface area contributed by atoms with Gasteiger partial charge in [0.05, 0.1) is 5.56 Å². The van der Waals surface area contributed by atoms with Crippen LogP contribution in [0.3, 0.4) is 0 Å². The lowest BCUT2D eigenvalue weighted by Gasteiger charge is -2.15. The Kier molecular flexibility index (Phi) is 4.83. The van der Waals surface area contributed by atoms with E-state index in [1.807, 2.05) is 25.1 Å². The first-order chi connectivity index (χ1) is 10.0. The number of carboxylic acids is 1. The van der Waals surface area contributed by atoms with Crippen molar-refractivity contribution in [2.24, 2.45) is 0 Å². The molecule has 110 valence electrons. The van der Waals surface area contributed by atoms with Crippen LogP contribution in [0.2, 0.25) is 0 Å². The van der Waals surface area contributed by atoms with Crippen LogP contribution in [-0.4, -0.2) is 18.2 Å². The molecule has 0 aliphatic carbocycles. The highest BCUT2D eigenvalue weighted by atomic mass is 35.5. The van der Waals surface area contributed by atoms with Gasteiger partial charge in [-0.25, -0.2) is 4.79 Å². The highest BCUT2D eigenvalue weighted by Crippen LogP contribution is 2.34.